The third-order valence-electron chi connectivity index (χ3n) is 3.01. The molecule has 0 radical (unpaired) electrons. The van der Waals surface area contributed by atoms with Gasteiger partial charge in [-0.25, -0.2) is 4.79 Å². The fourth-order valence-electron chi connectivity index (χ4n) is 1.83. The third kappa shape index (κ3) is 2.93. The summed E-state index contributed by atoms with van der Waals surface area (Å²) in [5.41, 5.74) is 1.33. The van der Waals surface area contributed by atoms with Crippen molar-refractivity contribution in [1.82, 2.24) is 0 Å². The van der Waals surface area contributed by atoms with Crippen molar-refractivity contribution in [2.75, 3.05) is 6.61 Å². The summed E-state index contributed by atoms with van der Waals surface area (Å²) in [6.07, 6.45) is -4.88. The lowest BCUT2D eigenvalue weighted by Gasteiger charge is -2.15. The van der Waals surface area contributed by atoms with Crippen LogP contribution in [0.1, 0.15) is 15.9 Å². The average molecular weight is 268 g/mol. The molecule has 0 saturated carbocycles. The highest BCUT2D eigenvalue weighted by atomic mass is 16.7. The van der Waals surface area contributed by atoms with Crippen molar-refractivity contribution in [3.8, 4) is 0 Å². The molecular weight excluding hydrogens is 252 g/mol. The molecule has 3 N–H and O–H groups in total. The Kier molecular flexibility index (Phi) is 4.16. The fourth-order valence-corrected chi connectivity index (χ4v) is 1.83. The van der Waals surface area contributed by atoms with E-state index < -0.39 is 37.2 Å². The van der Waals surface area contributed by atoms with E-state index >= 15 is 0 Å². The third-order valence-corrected chi connectivity index (χ3v) is 3.01. The normalized spacial score (nSPS) is 30.3. The second-order valence-electron chi connectivity index (χ2n) is 4.48. The Labute approximate surface area is 110 Å². The molecule has 1 aromatic rings. The van der Waals surface area contributed by atoms with E-state index in [2.05, 4.69) is 0 Å². The summed E-state index contributed by atoms with van der Waals surface area (Å²) in [7, 11) is 0. The second kappa shape index (κ2) is 5.66. The van der Waals surface area contributed by atoms with E-state index in [-0.39, 0.29) is 0 Å². The lowest BCUT2D eigenvalue weighted by Crippen LogP contribution is -2.35. The van der Waals surface area contributed by atoms with Crippen molar-refractivity contribution in [3.05, 3.63) is 35.4 Å². The van der Waals surface area contributed by atoms with Crippen LogP contribution < -0.4 is 0 Å². The van der Waals surface area contributed by atoms with Crippen LogP contribution in [-0.4, -0.2) is 52.5 Å². The van der Waals surface area contributed by atoms with Gasteiger partial charge in [0, 0.05) is 0 Å². The number of hydrogen-bond acceptors (Lipinski definition) is 6. The molecule has 104 valence electrons. The maximum absolute atomic E-state index is 11.8. The molecule has 1 heterocycles. The van der Waals surface area contributed by atoms with Gasteiger partial charge in [0.05, 0.1) is 12.2 Å². The molecule has 1 aliphatic rings. The summed E-state index contributed by atoms with van der Waals surface area (Å²) in [6.45, 7) is 1.43. The maximum atomic E-state index is 11.8. The molecule has 6 heteroatoms. The number of ether oxygens (including phenoxy) is 2. The number of rotatable bonds is 3. The maximum Gasteiger partial charge on any atom is 0.340 e. The topological polar surface area (TPSA) is 96.2 Å². The highest BCUT2D eigenvalue weighted by molar-refractivity contribution is 5.89. The Morgan fingerprint density at radius 3 is 2.42 bits per heavy atom. The minimum Gasteiger partial charge on any atom is -0.429 e. The number of aliphatic hydroxyl groups is 3. The van der Waals surface area contributed by atoms with Gasteiger partial charge in [-0.3, -0.25) is 0 Å². The Hall–Kier alpha value is -1.47. The van der Waals surface area contributed by atoms with Crippen LogP contribution in [0.3, 0.4) is 0 Å². The Morgan fingerprint density at radius 2 is 1.89 bits per heavy atom. The number of aliphatic hydroxyl groups excluding tert-OH is 3. The fraction of sp³-hybridized carbons (Fsp3) is 0.462. The zero-order valence-electron chi connectivity index (χ0n) is 10.4. The first kappa shape index (κ1) is 14.0. The molecule has 6 nitrogen and oxygen atoms in total. The molecule has 1 aliphatic heterocycles. The standard InChI is InChI=1S/C13H16O6/c1-7-2-4-8(5-3-7)12(17)19-13-11(16)10(15)9(6-14)18-13/h2-5,9-11,13-16H,6H2,1H3/t9?,10-,11-,13-/m1/s1. The molecular formula is C13H16O6. The van der Waals surface area contributed by atoms with Gasteiger partial charge in [0.15, 0.2) is 0 Å². The van der Waals surface area contributed by atoms with Crippen molar-refractivity contribution < 1.29 is 29.6 Å². The molecule has 0 bridgehead atoms. The smallest absolute Gasteiger partial charge is 0.340 e. The first-order chi connectivity index (χ1) is 9.02. The predicted octanol–water partition coefficient (Wildman–Crippen LogP) is -0.409. The summed E-state index contributed by atoms with van der Waals surface area (Å²) >= 11 is 0. The molecule has 0 spiro atoms. The minimum absolute atomic E-state index is 0.323. The molecule has 1 saturated heterocycles. The average Bonchev–Trinajstić information content (AvgIpc) is 2.67. The number of benzene rings is 1. The van der Waals surface area contributed by atoms with Gasteiger partial charge in [-0.1, -0.05) is 17.7 Å². The molecule has 0 aliphatic carbocycles. The molecule has 1 unspecified atom stereocenters. The highest BCUT2D eigenvalue weighted by Crippen LogP contribution is 2.23. The van der Waals surface area contributed by atoms with Crippen LogP contribution in [-0.2, 0) is 9.47 Å². The summed E-state index contributed by atoms with van der Waals surface area (Å²) < 4.78 is 10.0. The van der Waals surface area contributed by atoms with Gasteiger partial charge < -0.3 is 24.8 Å². The monoisotopic (exact) mass is 268 g/mol. The zero-order chi connectivity index (χ0) is 14.0. The molecule has 0 aromatic heterocycles. The van der Waals surface area contributed by atoms with E-state index in [4.69, 9.17) is 14.6 Å². The van der Waals surface area contributed by atoms with E-state index in [9.17, 15) is 15.0 Å². The van der Waals surface area contributed by atoms with E-state index in [1.165, 1.54) is 0 Å². The number of carbonyl (C=O) groups is 1. The summed E-state index contributed by atoms with van der Waals surface area (Å²) in [6, 6.07) is 6.71. The summed E-state index contributed by atoms with van der Waals surface area (Å²) in [5, 5.41) is 28.1. The predicted molar refractivity (Wildman–Crippen MR) is 64.4 cm³/mol. The largest absolute Gasteiger partial charge is 0.429 e. The quantitative estimate of drug-likeness (QED) is 0.645. The van der Waals surface area contributed by atoms with Crippen LogP contribution in [0.15, 0.2) is 24.3 Å². The van der Waals surface area contributed by atoms with Crippen molar-refractivity contribution in [2.45, 2.75) is 31.5 Å². The van der Waals surface area contributed by atoms with Gasteiger partial charge in [-0.15, -0.1) is 0 Å². The number of carbonyl (C=O) groups excluding carboxylic acids is 1. The molecule has 4 atom stereocenters. The number of aryl methyl sites for hydroxylation is 1. The molecule has 2 rings (SSSR count). The van der Waals surface area contributed by atoms with Crippen molar-refractivity contribution in [3.63, 3.8) is 0 Å². The van der Waals surface area contributed by atoms with Gasteiger partial charge in [-0.2, -0.15) is 0 Å². The minimum atomic E-state index is -1.37. The van der Waals surface area contributed by atoms with Crippen LogP contribution in [0.25, 0.3) is 0 Å². The van der Waals surface area contributed by atoms with Gasteiger partial charge in [-0.05, 0) is 19.1 Å². The lowest BCUT2D eigenvalue weighted by atomic mass is 10.1. The molecule has 1 aromatic carbocycles. The second-order valence-corrected chi connectivity index (χ2v) is 4.48. The SMILES string of the molecule is Cc1ccc(C(=O)O[C@H]2OC(CO)[C@@H](O)[C@H]2O)cc1. The van der Waals surface area contributed by atoms with Gasteiger partial charge in [0.2, 0.25) is 6.29 Å². The van der Waals surface area contributed by atoms with Gasteiger partial charge >= 0.3 is 5.97 Å². The first-order valence-corrected chi connectivity index (χ1v) is 5.93. The summed E-state index contributed by atoms with van der Waals surface area (Å²) in [5.74, 6) is -0.658. The van der Waals surface area contributed by atoms with Crippen molar-refractivity contribution in [1.29, 1.82) is 0 Å². The van der Waals surface area contributed by atoms with E-state index in [0.29, 0.717) is 5.56 Å². The van der Waals surface area contributed by atoms with E-state index in [1.807, 2.05) is 6.92 Å². The Bertz CT molecular complexity index is 443. The Morgan fingerprint density at radius 1 is 1.26 bits per heavy atom. The van der Waals surface area contributed by atoms with Crippen LogP contribution >= 0.6 is 0 Å². The van der Waals surface area contributed by atoms with Crippen LogP contribution in [0.5, 0.6) is 0 Å². The number of hydrogen-bond donors (Lipinski definition) is 3. The first-order valence-electron chi connectivity index (χ1n) is 5.93. The molecule has 1 fully saturated rings. The van der Waals surface area contributed by atoms with Gasteiger partial charge in [0.25, 0.3) is 0 Å². The zero-order valence-corrected chi connectivity index (χ0v) is 10.4. The summed E-state index contributed by atoms with van der Waals surface area (Å²) in [4.78, 5) is 11.8. The van der Waals surface area contributed by atoms with E-state index in [0.717, 1.165) is 5.56 Å². The van der Waals surface area contributed by atoms with Crippen molar-refractivity contribution in [2.24, 2.45) is 0 Å². The van der Waals surface area contributed by atoms with Crippen LogP contribution in [0, 0.1) is 6.92 Å². The number of esters is 1. The van der Waals surface area contributed by atoms with Crippen LogP contribution in [0.4, 0.5) is 0 Å². The highest BCUT2D eigenvalue weighted by Gasteiger charge is 2.44. The molecule has 0 amide bonds. The van der Waals surface area contributed by atoms with Gasteiger partial charge in [0.1, 0.15) is 18.3 Å². The van der Waals surface area contributed by atoms with E-state index in [1.54, 1.807) is 24.3 Å². The van der Waals surface area contributed by atoms with Crippen LogP contribution in [0.2, 0.25) is 0 Å². The molecule has 19 heavy (non-hydrogen) atoms. The Balaban J connectivity index is 2.01. The van der Waals surface area contributed by atoms with Crippen molar-refractivity contribution >= 4 is 5.97 Å². The lowest BCUT2D eigenvalue weighted by molar-refractivity contribution is -0.139.